The number of nitrogens with zero attached hydrogens (tertiary/aromatic N) is 2. The third-order valence-corrected chi connectivity index (χ3v) is 13.9. The third-order valence-electron chi connectivity index (χ3n) is 12.1. The van der Waals surface area contributed by atoms with Gasteiger partial charge in [0.05, 0.1) is 38.1 Å². The normalized spacial score (nSPS) is 29.5. The van der Waals surface area contributed by atoms with Crippen LogP contribution in [0.25, 0.3) is 10.9 Å². The van der Waals surface area contributed by atoms with Gasteiger partial charge in [-0.25, -0.2) is 18.2 Å². The van der Waals surface area contributed by atoms with Gasteiger partial charge in [-0.3, -0.25) is 19.1 Å². The lowest BCUT2D eigenvalue weighted by molar-refractivity contribution is -0.141. The zero-order valence-electron chi connectivity index (χ0n) is 32.6. The number of carbonyl (C=O) groups is 4. The number of hydrogen-bond acceptors (Lipinski definition) is 11. The number of aryl methyl sites for hydroxylation is 1. The van der Waals surface area contributed by atoms with Crippen LogP contribution in [0.2, 0.25) is 0 Å². The lowest BCUT2D eigenvalue weighted by atomic mass is 9.99. The largest absolute Gasteiger partial charge is 0.496 e. The number of amides is 4. The lowest BCUT2D eigenvalue weighted by Crippen LogP contribution is -2.58. The van der Waals surface area contributed by atoms with Crippen molar-refractivity contribution in [2.75, 3.05) is 27.4 Å². The monoisotopic (exact) mass is 797 g/mol. The summed E-state index contributed by atoms with van der Waals surface area (Å²) in [5, 5.41) is 5.88. The van der Waals surface area contributed by atoms with Crippen LogP contribution in [0.3, 0.4) is 0 Å². The highest BCUT2D eigenvalue weighted by molar-refractivity contribution is 7.91. The Kier molecular flexibility index (Phi) is 11.8. The molecule has 2 saturated carbocycles. The molecule has 4 fully saturated rings. The molecule has 3 aliphatic heterocycles. The Morgan fingerprint density at radius 2 is 1.71 bits per heavy atom. The first-order chi connectivity index (χ1) is 26.9. The molecule has 5 aliphatic rings. The summed E-state index contributed by atoms with van der Waals surface area (Å²) in [6.45, 7) is 2.22. The zero-order valence-corrected chi connectivity index (χ0v) is 33.4. The number of benzene rings is 1. The Balaban J connectivity index is 1.25. The van der Waals surface area contributed by atoms with E-state index in [1.54, 1.807) is 13.2 Å². The van der Waals surface area contributed by atoms with Gasteiger partial charge in [-0.05, 0) is 74.8 Å². The molecule has 4 amide bonds. The van der Waals surface area contributed by atoms with Gasteiger partial charge < -0.3 is 34.5 Å². The fourth-order valence-corrected chi connectivity index (χ4v) is 9.92. The maximum absolute atomic E-state index is 14.6. The summed E-state index contributed by atoms with van der Waals surface area (Å²) >= 11 is 0. The quantitative estimate of drug-likeness (QED) is 0.391. The predicted octanol–water partition coefficient (Wildman–Crippen LogP) is 4.29. The summed E-state index contributed by atoms with van der Waals surface area (Å²) < 4.78 is 51.7. The van der Waals surface area contributed by atoms with Crippen molar-refractivity contribution in [3.63, 3.8) is 0 Å². The molecule has 5 bridgehead atoms. The molecule has 1 aromatic heterocycles. The minimum atomic E-state index is -3.87. The van der Waals surface area contributed by atoms with Gasteiger partial charge >= 0.3 is 6.09 Å². The van der Waals surface area contributed by atoms with Crippen LogP contribution in [-0.2, 0) is 35.6 Å². The average molecular weight is 798 g/mol. The number of fused-ring (bicyclic) bond motifs is 4. The second kappa shape index (κ2) is 16.6. The van der Waals surface area contributed by atoms with Gasteiger partial charge in [-0.1, -0.05) is 45.4 Å². The Morgan fingerprint density at radius 1 is 0.964 bits per heavy atom. The fraction of sp³-hybridized carbons (Fsp3) is 0.675. The number of hydrogen-bond donors (Lipinski definition) is 3. The number of carbonyl (C=O) groups excluding carboxylic acids is 4. The molecule has 56 heavy (non-hydrogen) atoms. The van der Waals surface area contributed by atoms with E-state index in [4.69, 9.17) is 18.9 Å². The van der Waals surface area contributed by atoms with E-state index in [0.717, 1.165) is 62.3 Å². The molecule has 2 aromatic rings. The number of methoxy groups -OCH3 is 2. The number of nitrogens with one attached hydrogen (secondary N) is 3. The number of ether oxygens (including phenoxy) is 4. The van der Waals surface area contributed by atoms with Crippen molar-refractivity contribution >= 4 is 44.7 Å². The van der Waals surface area contributed by atoms with Gasteiger partial charge in [-0.2, -0.15) is 0 Å². The van der Waals surface area contributed by atoms with Crippen LogP contribution in [0.4, 0.5) is 4.79 Å². The van der Waals surface area contributed by atoms with Crippen LogP contribution in [0, 0.1) is 11.8 Å². The number of aromatic nitrogens is 1. The van der Waals surface area contributed by atoms with E-state index in [9.17, 15) is 27.6 Å². The van der Waals surface area contributed by atoms with E-state index in [1.807, 2.05) is 19.1 Å². The molecule has 0 radical (unpaired) electrons. The summed E-state index contributed by atoms with van der Waals surface area (Å²) in [5.74, 6) is -0.473. The van der Waals surface area contributed by atoms with Crippen molar-refractivity contribution in [1.82, 2.24) is 25.2 Å². The fourth-order valence-electron chi connectivity index (χ4n) is 8.56. The highest BCUT2D eigenvalue weighted by Crippen LogP contribution is 2.48. The second-order valence-corrected chi connectivity index (χ2v) is 18.3. The van der Waals surface area contributed by atoms with E-state index >= 15 is 0 Å². The highest BCUT2D eigenvalue weighted by Gasteiger charge is 2.62. The maximum Gasteiger partial charge on any atom is 0.407 e. The van der Waals surface area contributed by atoms with Crippen molar-refractivity contribution < 1.29 is 46.5 Å². The van der Waals surface area contributed by atoms with Crippen LogP contribution in [0.5, 0.6) is 17.4 Å². The lowest BCUT2D eigenvalue weighted by Gasteiger charge is -2.30. The molecule has 306 valence electrons. The molecule has 6 atom stereocenters. The molecule has 7 rings (SSSR count). The molecule has 0 spiro atoms. The molecule has 15 nitrogen and oxygen atoms in total. The van der Waals surface area contributed by atoms with Crippen LogP contribution >= 0.6 is 0 Å². The van der Waals surface area contributed by atoms with Crippen LogP contribution in [0.15, 0.2) is 18.2 Å². The third kappa shape index (κ3) is 8.79. The maximum atomic E-state index is 14.6. The Bertz CT molecular complexity index is 1940. The summed E-state index contributed by atoms with van der Waals surface area (Å²) in [6, 6.07) is 3.50. The molecule has 2 aliphatic carbocycles. The molecule has 3 N–H and O–H groups in total. The number of cyclic esters (lactones) is 1. The van der Waals surface area contributed by atoms with Gasteiger partial charge in [0, 0.05) is 23.9 Å². The van der Waals surface area contributed by atoms with Crippen LogP contribution < -0.4 is 29.6 Å². The predicted molar refractivity (Wildman–Crippen MR) is 206 cm³/mol. The molecule has 1 aromatic carbocycles. The number of pyridine rings is 1. The molecular weight excluding hydrogens is 743 g/mol. The minimum Gasteiger partial charge on any atom is -0.496 e. The van der Waals surface area contributed by atoms with Crippen molar-refractivity contribution in [2.24, 2.45) is 11.8 Å². The first kappa shape index (κ1) is 39.9. The smallest absolute Gasteiger partial charge is 0.407 e. The first-order valence-corrected chi connectivity index (χ1v) is 21.8. The SMILES string of the molecule is COc1cc2c3cc(c(OC)cc3n1)CCCC[C@@H](C)COC(=O)N[C@H]1CCCCCCC[C@@H]3C[C@@]3(C(=O)NS(=O)(=O)C3CC3)NC(=O)[C@@H]3C[C@H](CN3C1=O)O2. The zero-order chi connectivity index (χ0) is 39.6. The van der Waals surface area contributed by atoms with Gasteiger partial charge in [0.1, 0.15) is 35.2 Å². The van der Waals surface area contributed by atoms with E-state index in [-0.39, 0.29) is 31.4 Å². The van der Waals surface area contributed by atoms with Crippen LogP contribution in [-0.4, -0.2) is 98.5 Å². The van der Waals surface area contributed by atoms with E-state index in [0.29, 0.717) is 61.4 Å². The summed E-state index contributed by atoms with van der Waals surface area (Å²) in [6.07, 6.45) is 8.36. The number of rotatable bonds is 5. The van der Waals surface area contributed by atoms with Crippen molar-refractivity contribution in [2.45, 2.75) is 132 Å². The topological polar surface area (TPSA) is 192 Å². The van der Waals surface area contributed by atoms with E-state index in [1.165, 1.54) is 12.0 Å². The average Bonchev–Trinajstić information content (AvgIpc) is 4.10. The van der Waals surface area contributed by atoms with Gasteiger partial charge in [0.25, 0.3) is 5.91 Å². The summed E-state index contributed by atoms with van der Waals surface area (Å²) in [5.41, 5.74) is 0.149. The second-order valence-electron chi connectivity index (χ2n) is 16.4. The van der Waals surface area contributed by atoms with Gasteiger partial charge in [-0.15, -0.1) is 0 Å². The Hall–Kier alpha value is -4.34. The Morgan fingerprint density at radius 3 is 2.46 bits per heavy atom. The molecule has 4 heterocycles. The molecular formula is C40H55N5O10S. The summed E-state index contributed by atoms with van der Waals surface area (Å²) in [4.78, 5) is 62.2. The van der Waals surface area contributed by atoms with Gasteiger partial charge in [0.2, 0.25) is 27.7 Å². The Labute approximate surface area is 328 Å². The van der Waals surface area contributed by atoms with Crippen molar-refractivity contribution in [1.29, 1.82) is 0 Å². The van der Waals surface area contributed by atoms with Crippen molar-refractivity contribution in [3.05, 3.63) is 23.8 Å². The van der Waals surface area contributed by atoms with Crippen molar-refractivity contribution in [3.8, 4) is 17.4 Å². The standard InChI is InChI=1S/C40H55N5O10S/c1-24-11-9-10-12-25-17-29-31(19-33(25)52-2)41-35(53-3)20-34(29)55-27-18-32-36(46)43-40(38(48)44-56(50,51)28-15-16-28)21-26(40)13-7-5-4-6-8-14-30(37(47)45(32)22-27)42-39(49)54-23-24/h17,19-20,24,26-28,30,32H,4-16,18,21-23H2,1-3H3,(H,42,49)(H,43,46)(H,44,48)/t24-,26-,27-,30+,32+,40-/m1/s1. The summed E-state index contributed by atoms with van der Waals surface area (Å²) in [7, 11) is -0.742. The van der Waals surface area contributed by atoms with E-state index < -0.39 is 62.8 Å². The molecule has 16 heteroatoms. The highest BCUT2D eigenvalue weighted by atomic mass is 32.2. The van der Waals surface area contributed by atoms with Gasteiger partial charge in [0.15, 0.2) is 0 Å². The first-order valence-electron chi connectivity index (χ1n) is 20.2. The molecule has 0 unspecified atom stereocenters. The molecule has 2 saturated heterocycles. The van der Waals surface area contributed by atoms with Crippen LogP contribution in [0.1, 0.15) is 102 Å². The number of sulfonamides is 1. The number of alkyl carbamates (subject to hydrolysis) is 1. The van der Waals surface area contributed by atoms with E-state index in [2.05, 4.69) is 20.3 Å². The minimum absolute atomic E-state index is 0.00894.